The van der Waals surface area contributed by atoms with E-state index in [1.807, 2.05) is 12.1 Å². The highest BCUT2D eigenvalue weighted by atomic mass is 16.5. The summed E-state index contributed by atoms with van der Waals surface area (Å²) < 4.78 is 0. The number of carbonyl (C=O) groups is 3. The van der Waals surface area contributed by atoms with E-state index in [-0.39, 0.29) is 49.7 Å². The molecule has 13 heteroatoms. The zero-order chi connectivity index (χ0) is 26.1. The van der Waals surface area contributed by atoms with E-state index in [9.17, 15) is 24.6 Å². The maximum Gasteiger partial charge on any atom is 0.343 e. The summed E-state index contributed by atoms with van der Waals surface area (Å²) in [6.45, 7) is -0.158. The van der Waals surface area contributed by atoms with Crippen molar-refractivity contribution in [3.05, 3.63) is 34.9 Å². The van der Waals surface area contributed by atoms with Gasteiger partial charge in [0, 0.05) is 18.4 Å². The predicted octanol–water partition coefficient (Wildman–Crippen LogP) is -4.43. The summed E-state index contributed by atoms with van der Waals surface area (Å²) in [5, 5.41) is 28.9. The lowest BCUT2D eigenvalue weighted by molar-refractivity contribution is -0.521. The van der Waals surface area contributed by atoms with E-state index >= 15 is 0 Å². The average molecular weight is 512 g/mol. The van der Waals surface area contributed by atoms with Crippen LogP contribution in [0, 0.1) is 0 Å². The number of nitrogens with one attached hydrogen (secondary N) is 3. The maximum absolute atomic E-state index is 13.2. The van der Waals surface area contributed by atoms with Gasteiger partial charge >= 0.3 is 5.96 Å². The van der Waals surface area contributed by atoms with E-state index in [0.29, 0.717) is 5.56 Å². The summed E-state index contributed by atoms with van der Waals surface area (Å²) in [6, 6.07) is 2.71. The van der Waals surface area contributed by atoms with Crippen LogP contribution in [0.15, 0.2) is 23.2 Å². The lowest BCUT2D eigenvalue weighted by Gasteiger charge is -2.46. The van der Waals surface area contributed by atoms with Crippen molar-refractivity contribution in [2.75, 3.05) is 13.1 Å². The second-order valence-electron chi connectivity index (χ2n) is 10.4. The number of amides is 3. The number of nitrogens with zero attached hydrogens (tertiary/aromatic N) is 3. The minimum atomic E-state index is -2.56. The zero-order valence-electron chi connectivity index (χ0n) is 20.2. The zero-order valence-corrected chi connectivity index (χ0v) is 20.2. The Morgan fingerprint density at radius 2 is 1.84 bits per heavy atom. The molecule has 3 amide bonds. The van der Waals surface area contributed by atoms with Crippen molar-refractivity contribution in [1.82, 2.24) is 20.4 Å². The highest BCUT2D eigenvalue weighted by molar-refractivity contribution is 6.02. The Hall–Kier alpha value is -3.71. The summed E-state index contributed by atoms with van der Waals surface area (Å²) in [5.74, 6) is -3.62. The highest BCUT2D eigenvalue weighted by Gasteiger charge is 2.76. The van der Waals surface area contributed by atoms with Crippen LogP contribution < -0.4 is 27.1 Å². The van der Waals surface area contributed by atoms with Gasteiger partial charge < -0.3 is 21.3 Å². The SMILES string of the molecule is NC1=N[C@@H](CN2C(=O)CCC2=O)[C@@H]2[NH+]=C(N)N[C@]23N1C[C@H](NC(=O)c1ccc2c(c1)CCCC2)C3(O)O. The van der Waals surface area contributed by atoms with Gasteiger partial charge in [-0.25, -0.2) is 10.3 Å². The normalized spacial score (nSPS) is 31.8. The first-order valence-electron chi connectivity index (χ1n) is 12.6. The number of guanidine groups is 2. The number of aliphatic imine (C=N–C) groups is 1. The Morgan fingerprint density at radius 3 is 2.57 bits per heavy atom. The third kappa shape index (κ3) is 3.40. The molecular weight excluding hydrogens is 480 g/mol. The number of benzene rings is 1. The summed E-state index contributed by atoms with van der Waals surface area (Å²) in [4.78, 5) is 47.8. The van der Waals surface area contributed by atoms with Crippen LogP contribution in [0.5, 0.6) is 0 Å². The molecule has 1 aromatic carbocycles. The van der Waals surface area contributed by atoms with E-state index in [2.05, 4.69) is 20.6 Å². The van der Waals surface area contributed by atoms with E-state index in [1.54, 1.807) is 6.07 Å². The van der Waals surface area contributed by atoms with Crippen molar-refractivity contribution in [1.29, 1.82) is 0 Å². The smallest absolute Gasteiger partial charge is 0.343 e. The van der Waals surface area contributed by atoms with Crippen molar-refractivity contribution < 1.29 is 29.6 Å². The maximum atomic E-state index is 13.2. The van der Waals surface area contributed by atoms with Crippen LogP contribution in [0.3, 0.4) is 0 Å². The lowest BCUT2D eigenvalue weighted by Crippen LogP contribution is -2.90. The molecule has 4 heterocycles. The van der Waals surface area contributed by atoms with Crippen molar-refractivity contribution in [3.8, 4) is 0 Å². The molecule has 2 saturated heterocycles. The van der Waals surface area contributed by atoms with Gasteiger partial charge in [0.25, 0.3) is 11.6 Å². The molecule has 4 aliphatic heterocycles. The molecule has 196 valence electrons. The summed E-state index contributed by atoms with van der Waals surface area (Å²) in [7, 11) is 0. The van der Waals surface area contributed by atoms with Gasteiger partial charge in [0.05, 0.1) is 13.1 Å². The van der Waals surface area contributed by atoms with Gasteiger partial charge in [-0.1, -0.05) is 6.07 Å². The minimum Gasteiger partial charge on any atom is -0.370 e. The number of aryl methyl sites for hydroxylation is 2. The standard InChI is InChI=1S/C24H30N8O5/c25-21-29-19-15(10-31-17(33)7-8-18(31)34)27-22(26)32-11-16(24(36,37)23(19,32)30-21)28-20(35)14-6-5-12-3-1-2-4-13(12)9-14/h5-6,9,15-16,19,36-37H,1-4,7-8,10-11H2,(H2,26,27)(H,28,35)(H3,25,29,30)/p+1/t15-,16-,19-,23-/m0/s1. The van der Waals surface area contributed by atoms with Crippen LogP contribution in [-0.2, 0) is 22.4 Å². The number of likely N-dealkylation sites (tertiary alicyclic amines) is 1. The van der Waals surface area contributed by atoms with Crippen LogP contribution >= 0.6 is 0 Å². The van der Waals surface area contributed by atoms with Gasteiger partial charge in [-0.15, -0.1) is 0 Å². The quantitative estimate of drug-likeness (QED) is 0.154. The third-order valence-corrected chi connectivity index (χ3v) is 8.32. The number of imide groups is 1. The van der Waals surface area contributed by atoms with Crippen LogP contribution in [0.4, 0.5) is 0 Å². The Balaban J connectivity index is 1.29. The van der Waals surface area contributed by atoms with Gasteiger partial charge in [-0.05, 0) is 48.9 Å². The van der Waals surface area contributed by atoms with E-state index in [4.69, 9.17) is 11.5 Å². The van der Waals surface area contributed by atoms with Crippen molar-refractivity contribution in [2.24, 2.45) is 16.5 Å². The van der Waals surface area contributed by atoms with Gasteiger partial charge in [0.2, 0.25) is 17.6 Å². The van der Waals surface area contributed by atoms with Gasteiger partial charge in [0.1, 0.15) is 12.1 Å². The largest absolute Gasteiger partial charge is 0.370 e. The summed E-state index contributed by atoms with van der Waals surface area (Å²) >= 11 is 0. The molecule has 0 saturated carbocycles. The number of fused-ring (bicyclic) bond motifs is 1. The Bertz CT molecular complexity index is 1250. The van der Waals surface area contributed by atoms with Crippen LogP contribution in [0.25, 0.3) is 0 Å². The fourth-order valence-electron chi connectivity index (χ4n) is 6.45. The fraction of sp³-hybridized carbons (Fsp3) is 0.542. The molecule has 0 unspecified atom stereocenters. The highest BCUT2D eigenvalue weighted by Crippen LogP contribution is 2.41. The van der Waals surface area contributed by atoms with Crippen molar-refractivity contribution in [2.45, 2.75) is 68.1 Å². The second kappa shape index (κ2) is 8.15. The second-order valence-corrected chi connectivity index (χ2v) is 10.4. The molecule has 1 aromatic rings. The van der Waals surface area contributed by atoms with Crippen molar-refractivity contribution in [3.63, 3.8) is 0 Å². The van der Waals surface area contributed by atoms with Crippen LogP contribution in [-0.4, -0.2) is 92.3 Å². The molecule has 2 fully saturated rings. The first kappa shape index (κ1) is 23.7. The van der Waals surface area contributed by atoms with Gasteiger partial charge in [-0.3, -0.25) is 34.9 Å². The summed E-state index contributed by atoms with van der Waals surface area (Å²) in [5.41, 5.74) is 13.4. The number of hydrogen-bond acceptors (Lipinski definition) is 10. The predicted molar refractivity (Wildman–Crippen MR) is 129 cm³/mol. The minimum absolute atomic E-state index is 0.0256. The first-order valence-corrected chi connectivity index (χ1v) is 12.6. The molecule has 5 aliphatic rings. The molecule has 4 atom stereocenters. The Morgan fingerprint density at radius 1 is 1.14 bits per heavy atom. The molecule has 6 rings (SSSR count). The van der Waals surface area contributed by atoms with Crippen molar-refractivity contribution >= 4 is 29.6 Å². The molecule has 0 aromatic heterocycles. The van der Waals surface area contributed by atoms with E-state index in [1.165, 1.54) is 10.5 Å². The number of rotatable bonds is 4. The van der Waals surface area contributed by atoms with Crippen LogP contribution in [0.1, 0.15) is 47.2 Å². The molecule has 13 nitrogen and oxygen atoms in total. The Kier molecular flexibility index (Phi) is 5.21. The number of nitrogens with two attached hydrogens (primary N) is 2. The van der Waals surface area contributed by atoms with Gasteiger partial charge in [0.15, 0.2) is 12.0 Å². The molecule has 37 heavy (non-hydrogen) atoms. The number of hydrogen-bond donors (Lipinski definition) is 7. The average Bonchev–Trinajstić information content (AvgIpc) is 3.46. The number of aliphatic hydroxyl groups is 2. The lowest BCUT2D eigenvalue weighted by atomic mass is 9.84. The monoisotopic (exact) mass is 511 g/mol. The molecule has 0 bridgehead atoms. The van der Waals surface area contributed by atoms with E-state index < -0.39 is 35.5 Å². The molecule has 1 aliphatic carbocycles. The molecule has 9 N–H and O–H groups in total. The van der Waals surface area contributed by atoms with E-state index in [0.717, 1.165) is 36.1 Å². The Labute approximate surface area is 212 Å². The van der Waals surface area contributed by atoms with Crippen LogP contribution in [0.2, 0.25) is 0 Å². The summed E-state index contributed by atoms with van der Waals surface area (Å²) in [6.07, 6.45) is 4.33. The fourth-order valence-corrected chi connectivity index (χ4v) is 6.45. The molecular formula is C24H31N8O5+. The molecule has 0 radical (unpaired) electrons. The topological polar surface area (TPSA) is 201 Å². The number of carbonyl (C=O) groups excluding carboxylic acids is 3. The van der Waals surface area contributed by atoms with Gasteiger partial charge in [-0.2, -0.15) is 0 Å². The first-order chi connectivity index (χ1) is 17.6. The third-order valence-electron chi connectivity index (χ3n) is 8.32. The molecule has 1 spiro atoms.